The zero-order valence-electron chi connectivity index (χ0n) is 15.0. The summed E-state index contributed by atoms with van der Waals surface area (Å²) in [7, 11) is -5.40. The molecule has 27 heavy (non-hydrogen) atoms. The van der Waals surface area contributed by atoms with Crippen molar-refractivity contribution in [2.24, 2.45) is 0 Å². The van der Waals surface area contributed by atoms with Crippen LogP contribution in [-0.4, -0.2) is 55.2 Å². The van der Waals surface area contributed by atoms with E-state index in [4.69, 9.17) is 0 Å². The molecule has 1 saturated carbocycles. The van der Waals surface area contributed by atoms with Gasteiger partial charge in [0.2, 0.25) is 0 Å². The number of alkyl halides is 3. The summed E-state index contributed by atoms with van der Waals surface area (Å²) in [5, 5.41) is 13.2. The number of aliphatic hydroxyl groups is 1. The molecule has 0 radical (unpaired) electrons. The van der Waals surface area contributed by atoms with Crippen LogP contribution >= 0.6 is 0 Å². The van der Waals surface area contributed by atoms with Gasteiger partial charge in [0, 0.05) is 25.2 Å². The van der Waals surface area contributed by atoms with Crippen LogP contribution < -0.4 is 5.32 Å². The third-order valence-electron chi connectivity index (χ3n) is 5.53. The minimum atomic E-state index is -5.40. The lowest BCUT2D eigenvalue weighted by Crippen LogP contribution is -2.50. The molecule has 0 aromatic heterocycles. The van der Waals surface area contributed by atoms with E-state index < -0.39 is 20.2 Å². The first kappa shape index (κ1) is 20.4. The van der Waals surface area contributed by atoms with Crippen molar-refractivity contribution in [2.45, 2.75) is 67.1 Å². The van der Waals surface area contributed by atoms with Crippen molar-refractivity contribution in [2.75, 3.05) is 18.4 Å². The number of likely N-dealkylation sites (tertiary alicyclic amines) is 1. The fourth-order valence-corrected chi connectivity index (χ4v) is 4.98. The van der Waals surface area contributed by atoms with Crippen LogP contribution in [0.2, 0.25) is 0 Å². The molecule has 1 aromatic carbocycles. The van der Waals surface area contributed by atoms with Crippen LogP contribution in [-0.2, 0) is 9.84 Å². The Morgan fingerprint density at radius 1 is 1.04 bits per heavy atom. The standard InChI is InChI=1S/C18H25F3N2O3S/c19-18(20,21)27(25,26)17-8-4-1-5-14(17)22-13-9-11-23(12-10-13)15-6-2-3-7-16(15)24/h1,4-5,8,13,15-16,22,24H,2-3,6-7,9-12H2. The minimum absolute atomic E-state index is 0.00836. The highest BCUT2D eigenvalue weighted by Crippen LogP contribution is 2.35. The summed E-state index contributed by atoms with van der Waals surface area (Å²) in [4.78, 5) is 1.52. The normalized spacial score (nSPS) is 26.1. The molecule has 1 aliphatic heterocycles. The van der Waals surface area contributed by atoms with Crippen molar-refractivity contribution < 1.29 is 26.7 Å². The number of rotatable bonds is 4. The first-order valence-electron chi connectivity index (χ1n) is 9.29. The lowest BCUT2D eigenvalue weighted by Gasteiger charge is -2.42. The lowest BCUT2D eigenvalue weighted by molar-refractivity contribution is -0.0435. The van der Waals surface area contributed by atoms with Crippen LogP contribution in [0.4, 0.5) is 18.9 Å². The molecule has 1 heterocycles. The number of anilines is 1. The molecule has 9 heteroatoms. The molecule has 0 bridgehead atoms. The van der Waals surface area contributed by atoms with E-state index in [2.05, 4.69) is 10.2 Å². The van der Waals surface area contributed by atoms with E-state index >= 15 is 0 Å². The third kappa shape index (κ3) is 4.41. The zero-order valence-corrected chi connectivity index (χ0v) is 15.8. The molecular weight excluding hydrogens is 381 g/mol. The third-order valence-corrected chi connectivity index (χ3v) is 7.08. The molecule has 2 aliphatic rings. The maximum absolute atomic E-state index is 12.9. The van der Waals surface area contributed by atoms with Crippen molar-refractivity contribution >= 4 is 15.5 Å². The highest BCUT2D eigenvalue weighted by atomic mass is 32.2. The van der Waals surface area contributed by atoms with Gasteiger partial charge >= 0.3 is 5.51 Å². The number of hydrogen-bond donors (Lipinski definition) is 2. The molecule has 2 fully saturated rings. The average Bonchev–Trinajstić information content (AvgIpc) is 2.62. The molecule has 5 nitrogen and oxygen atoms in total. The second kappa shape index (κ2) is 7.97. The van der Waals surface area contributed by atoms with Crippen LogP contribution in [0.25, 0.3) is 0 Å². The van der Waals surface area contributed by atoms with E-state index in [0.29, 0.717) is 12.8 Å². The molecular formula is C18H25F3N2O3S. The monoisotopic (exact) mass is 406 g/mol. The Labute approximate surface area is 157 Å². The van der Waals surface area contributed by atoms with Crippen LogP contribution in [0.3, 0.4) is 0 Å². The topological polar surface area (TPSA) is 69.6 Å². The van der Waals surface area contributed by atoms with Crippen molar-refractivity contribution in [3.8, 4) is 0 Å². The summed E-state index contributed by atoms with van der Waals surface area (Å²) in [6, 6.07) is 5.21. The van der Waals surface area contributed by atoms with Crippen LogP contribution in [0.1, 0.15) is 38.5 Å². The molecule has 2 atom stereocenters. The maximum Gasteiger partial charge on any atom is 0.501 e. The van der Waals surface area contributed by atoms with E-state index in [1.165, 1.54) is 18.2 Å². The number of piperidine rings is 1. The average molecular weight is 406 g/mol. The Kier molecular flexibility index (Phi) is 6.02. The maximum atomic E-state index is 12.9. The fraction of sp³-hybridized carbons (Fsp3) is 0.667. The molecule has 2 N–H and O–H groups in total. The largest absolute Gasteiger partial charge is 0.501 e. The zero-order chi connectivity index (χ0) is 19.7. The SMILES string of the molecule is O=S(=O)(c1ccccc1NC1CCN(C2CCCCC2O)CC1)C(F)(F)F. The molecule has 1 aromatic rings. The number of para-hydroxylation sites is 1. The van der Waals surface area contributed by atoms with Gasteiger partial charge in [-0.1, -0.05) is 25.0 Å². The summed E-state index contributed by atoms with van der Waals surface area (Å²) in [6.07, 6.45) is 4.97. The van der Waals surface area contributed by atoms with Crippen molar-refractivity contribution in [1.82, 2.24) is 4.90 Å². The number of benzene rings is 1. The smallest absolute Gasteiger partial charge is 0.391 e. The number of nitrogens with one attached hydrogen (secondary N) is 1. The molecule has 1 saturated heterocycles. The molecule has 152 valence electrons. The number of halogens is 3. The van der Waals surface area contributed by atoms with Crippen molar-refractivity contribution in [1.29, 1.82) is 0 Å². The number of nitrogens with zero attached hydrogens (tertiary/aromatic N) is 1. The van der Waals surface area contributed by atoms with Crippen molar-refractivity contribution in [3.63, 3.8) is 0 Å². The van der Waals surface area contributed by atoms with E-state index in [0.717, 1.165) is 44.8 Å². The Hall–Kier alpha value is -1.32. The van der Waals surface area contributed by atoms with Gasteiger partial charge in [0.1, 0.15) is 0 Å². The predicted molar refractivity (Wildman–Crippen MR) is 96.2 cm³/mol. The van der Waals surface area contributed by atoms with Gasteiger partial charge in [0.05, 0.1) is 16.7 Å². The molecule has 1 aliphatic carbocycles. The fourth-order valence-electron chi connectivity index (χ4n) is 4.06. The van der Waals surface area contributed by atoms with Gasteiger partial charge in [-0.05, 0) is 37.8 Å². The number of sulfone groups is 1. The van der Waals surface area contributed by atoms with E-state index in [-0.39, 0.29) is 23.9 Å². The Morgan fingerprint density at radius 3 is 2.30 bits per heavy atom. The van der Waals surface area contributed by atoms with Gasteiger partial charge in [-0.25, -0.2) is 8.42 Å². The van der Waals surface area contributed by atoms with Gasteiger partial charge in [-0.3, -0.25) is 4.90 Å². The molecule has 3 rings (SSSR count). The molecule has 2 unspecified atom stereocenters. The summed E-state index contributed by atoms with van der Waals surface area (Å²) < 4.78 is 62.4. The lowest BCUT2D eigenvalue weighted by atomic mass is 9.89. The van der Waals surface area contributed by atoms with E-state index in [9.17, 15) is 26.7 Å². The Morgan fingerprint density at radius 2 is 1.67 bits per heavy atom. The predicted octanol–water partition coefficient (Wildman–Crippen LogP) is 3.16. The van der Waals surface area contributed by atoms with Crippen LogP contribution in [0, 0.1) is 0 Å². The molecule has 0 amide bonds. The molecule has 0 spiro atoms. The second-order valence-electron chi connectivity index (χ2n) is 7.32. The number of aliphatic hydroxyl groups excluding tert-OH is 1. The quantitative estimate of drug-likeness (QED) is 0.804. The number of hydrogen-bond acceptors (Lipinski definition) is 5. The highest BCUT2D eigenvalue weighted by molar-refractivity contribution is 7.92. The van der Waals surface area contributed by atoms with Gasteiger partial charge in [-0.2, -0.15) is 13.2 Å². The minimum Gasteiger partial charge on any atom is -0.391 e. The van der Waals surface area contributed by atoms with Gasteiger partial charge in [0.15, 0.2) is 0 Å². The highest BCUT2D eigenvalue weighted by Gasteiger charge is 2.48. The summed E-state index contributed by atoms with van der Waals surface area (Å²) >= 11 is 0. The first-order chi connectivity index (χ1) is 12.7. The van der Waals surface area contributed by atoms with Crippen LogP contribution in [0.15, 0.2) is 29.2 Å². The summed E-state index contributed by atoms with van der Waals surface area (Å²) in [5.74, 6) is 0. The van der Waals surface area contributed by atoms with Crippen molar-refractivity contribution in [3.05, 3.63) is 24.3 Å². The van der Waals surface area contributed by atoms with Gasteiger partial charge < -0.3 is 10.4 Å². The van der Waals surface area contributed by atoms with E-state index in [1.807, 2.05) is 0 Å². The van der Waals surface area contributed by atoms with Gasteiger partial charge in [0.25, 0.3) is 9.84 Å². The Bertz CT molecular complexity index is 746. The summed E-state index contributed by atoms with van der Waals surface area (Å²) in [5.41, 5.74) is -5.34. The Balaban J connectivity index is 1.66. The first-order valence-corrected chi connectivity index (χ1v) is 10.8. The second-order valence-corrected chi connectivity index (χ2v) is 9.23. The summed E-state index contributed by atoms with van der Waals surface area (Å²) in [6.45, 7) is 1.46. The van der Waals surface area contributed by atoms with E-state index in [1.54, 1.807) is 0 Å². The van der Waals surface area contributed by atoms with Crippen LogP contribution in [0.5, 0.6) is 0 Å². The van der Waals surface area contributed by atoms with Gasteiger partial charge in [-0.15, -0.1) is 0 Å².